The van der Waals surface area contributed by atoms with Crippen LogP contribution in [0.15, 0.2) is 16.8 Å². The van der Waals surface area contributed by atoms with Crippen LogP contribution in [-0.4, -0.2) is 5.78 Å². The highest BCUT2D eigenvalue weighted by atomic mass is 32.1. The summed E-state index contributed by atoms with van der Waals surface area (Å²) in [4.78, 5) is 11.7. The molecule has 0 saturated heterocycles. The molecule has 0 spiro atoms. The monoisotopic (exact) mass is 252 g/mol. The van der Waals surface area contributed by atoms with Crippen LogP contribution in [0.3, 0.4) is 0 Å². The first-order valence-electron chi connectivity index (χ1n) is 6.90. The molecule has 96 valence electrons. The van der Waals surface area contributed by atoms with Crippen molar-refractivity contribution in [3.8, 4) is 0 Å². The summed E-state index contributed by atoms with van der Waals surface area (Å²) in [6.45, 7) is 2.25. The van der Waals surface area contributed by atoms with E-state index in [2.05, 4.69) is 6.92 Å². The van der Waals surface area contributed by atoms with Gasteiger partial charge in [-0.15, -0.1) is 0 Å². The van der Waals surface area contributed by atoms with E-state index in [1.807, 2.05) is 16.8 Å². The van der Waals surface area contributed by atoms with E-state index in [0.717, 1.165) is 18.4 Å². The Kier molecular flexibility index (Phi) is 7.98. The summed E-state index contributed by atoms with van der Waals surface area (Å²) in [5.41, 5.74) is 0.901. The number of carbonyl (C=O) groups is 1. The van der Waals surface area contributed by atoms with E-state index < -0.39 is 0 Å². The molecule has 0 aliphatic heterocycles. The van der Waals surface area contributed by atoms with Crippen LogP contribution in [0.5, 0.6) is 0 Å². The summed E-state index contributed by atoms with van der Waals surface area (Å²) in [7, 11) is 0. The Balaban J connectivity index is 1.92. The lowest BCUT2D eigenvalue weighted by molar-refractivity contribution is 0.0979. The van der Waals surface area contributed by atoms with Crippen molar-refractivity contribution in [3.63, 3.8) is 0 Å². The van der Waals surface area contributed by atoms with Crippen LogP contribution in [0, 0.1) is 0 Å². The molecule has 0 aliphatic carbocycles. The number of unbranched alkanes of at least 4 members (excludes halogenated alkanes) is 7. The molecule has 0 N–H and O–H groups in total. The molecule has 0 fully saturated rings. The summed E-state index contributed by atoms with van der Waals surface area (Å²) >= 11 is 1.60. The molecular weight excluding hydrogens is 228 g/mol. The van der Waals surface area contributed by atoms with Crippen molar-refractivity contribution in [1.29, 1.82) is 0 Å². The van der Waals surface area contributed by atoms with Crippen molar-refractivity contribution in [2.75, 3.05) is 0 Å². The SMILES string of the molecule is CCCCCCCCCCC(=O)c1ccsc1. The van der Waals surface area contributed by atoms with E-state index in [-0.39, 0.29) is 0 Å². The lowest BCUT2D eigenvalue weighted by Gasteiger charge is -2.01. The fourth-order valence-electron chi connectivity index (χ4n) is 1.99. The third-order valence-electron chi connectivity index (χ3n) is 3.10. The smallest absolute Gasteiger partial charge is 0.163 e. The fourth-order valence-corrected chi connectivity index (χ4v) is 2.65. The van der Waals surface area contributed by atoms with Gasteiger partial charge < -0.3 is 0 Å². The Bertz CT molecular complexity index is 290. The van der Waals surface area contributed by atoms with Crippen molar-refractivity contribution in [1.82, 2.24) is 0 Å². The molecule has 1 aromatic heterocycles. The van der Waals surface area contributed by atoms with E-state index in [4.69, 9.17) is 0 Å². The van der Waals surface area contributed by atoms with Crippen molar-refractivity contribution < 1.29 is 4.79 Å². The zero-order chi connectivity index (χ0) is 12.3. The second-order valence-corrected chi connectivity index (χ2v) is 5.44. The van der Waals surface area contributed by atoms with Gasteiger partial charge in [-0.1, -0.05) is 51.9 Å². The van der Waals surface area contributed by atoms with Crippen molar-refractivity contribution in [3.05, 3.63) is 22.4 Å². The fraction of sp³-hybridized carbons (Fsp3) is 0.667. The van der Waals surface area contributed by atoms with Gasteiger partial charge in [-0.25, -0.2) is 0 Å². The number of hydrogen-bond acceptors (Lipinski definition) is 2. The lowest BCUT2D eigenvalue weighted by atomic mass is 10.0. The molecule has 1 aromatic rings. The molecule has 1 heterocycles. The van der Waals surface area contributed by atoms with Crippen LogP contribution in [0.25, 0.3) is 0 Å². The van der Waals surface area contributed by atoms with E-state index in [1.54, 1.807) is 11.3 Å². The number of rotatable bonds is 10. The van der Waals surface area contributed by atoms with Gasteiger partial charge >= 0.3 is 0 Å². The second-order valence-electron chi connectivity index (χ2n) is 4.66. The Labute approximate surface area is 109 Å². The van der Waals surface area contributed by atoms with E-state index in [9.17, 15) is 4.79 Å². The Morgan fingerprint density at radius 2 is 1.71 bits per heavy atom. The maximum Gasteiger partial charge on any atom is 0.163 e. The van der Waals surface area contributed by atoms with Crippen molar-refractivity contribution in [2.45, 2.75) is 64.7 Å². The molecule has 0 aromatic carbocycles. The van der Waals surface area contributed by atoms with Crippen LogP contribution >= 0.6 is 11.3 Å². The van der Waals surface area contributed by atoms with E-state index in [0.29, 0.717) is 5.78 Å². The highest BCUT2D eigenvalue weighted by molar-refractivity contribution is 7.08. The first-order valence-corrected chi connectivity index (χ1v) is 7.84. The van der Waals surface area contributed by atoms with Gasteiger partial charge in [0.15, 0.2) is 5.78 Å². The molecule has 0 aliphatic rings. The number of thiophene rings is 1. The minimum atomic E-state index is 0.317. The molecule has 0 radical (unpaired) electrons. The molecule has 1 nitrogen and oxygen atoms in total. The van der Waals surface area contributed by atoms with Gasteiger partial charge in [-0.2, -0.15) is 11.3 Å². The molecular formula is C15H24OS. The van der Waals surface area contributed by atoms with Gasteiger partial charge in [0.05, 0.1) is 0 Å². The van der Waals surface area contributed by atoms with Crippen LogP contribution in [-0.2, 0) is 0 Å². The number of carbonyl (C=O) groups excluding carboxylic acids is 1. The lowest BCUT2D eigenvalue weighted by Crippen LogP contribution is -1.96. The van der Waals surface area contributed by atoms with Crippen LogP contribution < -0.4 is 0 Å². The van der Waals surface area contributed by atoms with Crippen molar-refractivity contribution in [2.24, 2.45) is 0 Å². The average Bonchev–Trinajstić information content (AvgIpc) is 2.86. The van der Waals surface area contributed by atoms with E-state index >= 15 is 0 Å². The summed E-state index contributed by atoms with van der Waals surface area (Å²) in [5, 5.41) is 3.92. The van der Waals surface area contributed by atoms with Crippen LogP contribution in [0.4, 0.5) is 0 Å². The minimum absolute atomic E-state index is 0.317. The molecule has 0 saturated carbocycles. The van der Waals surface area contributed by atoms with Gasteiger partial charge in [0.2, 0.25) is 0 Å². The van der Waals surface area contributed by atoms with Crippen molar-refractivity contribution >= 4 is 17.1 Å². The zero-order valence-corrected chi connectivity index (χ0v) is 11.7. The molecule has 2 heteroatoms. The van der Waals surface area contributed by atoms with Gasteiger partial charge in [0, 0.05) is 17.4 Å². The van der Waals surface area contributed by atoms with Crippen LogP contribution in [0.2, 0.25) is 0 Å². The molecule has 1 rings (SSSR count). The summed E-state index contributed by atoms with van der Waals surface area (Å²) in [5.74, 6) is 0.317. The first kappa shape index (κ1) is 14.4. The van der Waals surface area contributed by atoms with Crippen LogP contribution in [0.1, 0.15) is 75.1 Å². The maximum absolute atomic E-state index is 11.7. The molecule has 17 heavy (non-hydrogen) atoms. The Hall–Kier alpha value is -0.630. The molecule has 0 amide bonds. The molecule has 0 bridgehead atoms. The minimum Gasteiger partial charge on any atom is -0.294 e. The van der Waals surface area contributed by atoms with Gasteiger partial charge in [0.25, 0.3) is 0 Å². The highest BCUT2D eigenvalue weighted by Gasteiger charge is 2.04. The Morgan fingerprint density at radius 1 is 1.06 bits per heavy atom. The summed E-state index contributed by atoms with van der Waals surface area (Å²) in [6.07, 6.45) is 11.1. The summed E-state index contributed by atoms with van der Waals surface area (Å²) in [6, 6.07) is 1.93. The maximum atomic E-state index is 11.7. The number of hydrogen-bond donors (Lipinski definition) is 0. The van der Waals surface area contributed by atoms with Gasteiger partial charge in [0.1, 0.15) is 0 Å². The second kappa shape index (κ2) is 9.41. The van der Waals surface area contributed by atoms with E-state index in [1.165, 1.54) is 44.9 Å². The largest absolute Gasteiger partial charge is 0.294 e. The predicted molar refractivity (Wildman–Crippen MR) is 75.9 cm³/mol. The third-order valence-corrected chi connectivity index (χ3v) is 3.78. The van der Waals surface area contributed by atoms with Gasteiger partial charge in [-0.3, -0.25) is 4.79 Å². The normalized spacial score (nSPS) is 10.6. The highest BCUT2D eigenvalue weighted by Crippen LogP contribution is 2.13. The molecule has 0 atom stereocenters. The van der Waals surface area contributed by atoms with Gasteiger partial charge in [-0.05, 0) is 17.9 Å². The Morgan fingerprint density at radius 3 is 2.29 bits per heavy atom. The zero-order valence-electron chi connectivity index (χ0n) is 10.9. The number of ketones is 1. The first-order chi connectivity index (χ1) is 8.34. The molecule has 0 unspecified atom stereocenters. The quantitative estimate of drug-likeness (QED) is 0.399. The third kappa shape index (κ3) is 6.62. The average molecular weight is 252 g/mol. The predicted octanol–water partition coefficient (Wildman–Crippen LogP) is 5.46. The summed E-state index contributed by atoms with van der Waals surface area (Å²) < 4.78 is 0. The standard InChI is InChI=1S/C15H24OS/c1-2-3-4-5-6-7-8-9-10-15(16)14-11-12-17-13-14/h11-13H,2-10H2,1H3. The topological polar surface area (TPSA) is 17.1 Å². The number of Topliss-reactive ketones (excluding diaryl/α,β-unsaturated/α-hetero) is 1.